The molecule has 164 valence electrons. The number of carbonyl (C=O) groups is 1. The number of fused-ring (bicyclic) bond motifs is 1. The maximum Gasteiger partial charge on any atom is 0.417 e. The molecule has 1 atom stereocenters. The van der Waals surface area contributed by atoms with Crippen molar-refractivity contribution in [3.05, 3.63) is 23.0 Å². The lowest BCUT2D eigenvalue weighted by Gasteiger charge is -2.32. The number of halogens is 3. The predicted molar refractivity (Wildman–Crippen MR) is 99.9 cm³/mol. The summed E-state index contributed by atoms with van der Waals surface area (Å²) in [6.45, 7) is 3.49. The fourth-order valence-corrected chi connectivity index (χ4v) is 4.12. The number of hydrogen-bond donors (Lipinski definition) is 0. The maximum atomic E-state index is 13.5. The zero-order chi connectivity index (χ0) is 21.3. The summed E-state index contributed by atoms with van der Waals surface area (Å²) in [5.74, 6) is -0.297. The number of ether oxygens (including phenoxy) is 2. The molecule has 2 aliphatic heterocycles. The zero-order valence-corrected chi connectivity index (χ0v) is 16.7. The van der Waals surface area contributed by atoms with Crippen LogP contribution in [0.1, 0.15) is 48.6 Å². The normalized spacial score (nSPS) is 20.9. The molecule has 0 bridgehead atoms. The Labute approximate surface area is 171 Å². The molecule has 1 unspecified atom stereocenters. The molecule has 2 aromatic rings. The summed E-state index contributed by atoms with van der Waals surface area (Å²) in [7, 11) is 0. The molecular formula is C20H24F3N3O4. The topological polar surface area (TPSA) is 77.7 Å². The highest BCUT2D eigenvalue weighted by Crippen LogP contribution is 2.38. The number of aryl methyl sites for hydroxylation is 1. The van der Waals surface area contributed by atoms with Gasteiger partial charge in [0.15, 0.2) is 0 Å². The van der Waals surface area contributed by atoms with Crippen LogP contribution in [-0.2, 0) is 20.4 Å². The monoisotopic (exact) mass is 427 g/mol. The van der Waals surface area contributed by atoms with Crippen LogP contribution in [0.5, 0.6) is 0 Å². The van der Waals surface area contributed by atoms with Gasteiger partial charge in [0, 0.05) is 31.3 Å². The van der Waals surface area contributed by atoms with E-state index < -0.39 is 11.7 Å². The standard InChI is InChI=1S/C20H24F3N3O4/c1-12-18-15(20(21,22)23)9-16(24-19(18)30-25-12)13-4-6-26(7-5-13)17(27)11-28-10-14-3-2-8-29-14/h9,13-14H,2-8,10-11H2,1H3. The molecule has 2 fully saturated rings. The van der Waals surface area contributed by atoms with Crippen molar-refractivity contribution >= 4 is 17.0 Å². The number of aromatic nitrogens is 2. The van der Waals surface area contributed by atoms with Gasteiger partial charge < -0.3 is 18.9 Å². The van der Waals surface area contributed by atoms with Crippen LogP contribution in [0.15, 0.2) is 10.6 Å². The van der Waals surface area contributed by atoms with E-state index in [4.69, 9.17) is 14.0 Å². The van der Waals surface area contributed by atoms with Gasteiger partial charge in [-0.25, -0.2) is 4.98 Å². The number of piperidine rings is 1. The van der Waals surface area contributed by atoms with Crippen molar-refractivity contribution in [3.63, 3.8) is 0 Å². The Morgan fingerprint density at radius 1 is 1.30 bits per heavy atom. The molecule has 0 spiro atoms. The second-order valence-electron chi connectivity index (χ2n) is 7.85. The molecular weight excluding hydrogens is 403 g/mol. The van der Waals surface area contributed by atoms with E-state index in [1.54, 1.807) is 4.90 Å². The minimum atomic E-state index is -4.52. The van der Waals surface area contributed by atoms with Gasteiger partial charge in [-0.3, -0.25) is 4.79 Å². The number of carbonyl (C=O) groups excluding carboxylic acids is 1. The molecule has 0 aromatic carbocycles. The van der Waals surface area contributed by atoms with Gasteiger partial charge in [-0.15, -0.1) is 0 Å². The SMILES string of the molecule is Cc1noc2nc(C3CCN(C(=O)COCC4CCCO4)CC3)cc(C(F)(F)F)c12. The highest BCUT2D eigenvalue weighted by atomic mass is 19.4. The van der Waals surface area contributed by atoms with E-state index in [2.05, 4.69) is 10.1 Å². The van der Waals surface area contributed by atoms with Crippen LogP contribution in [0.4, 0.5) is 13.2 Å². The Morgan fingerprint density at radius 2 is 2.07 bits per heavy atom. The van der Waals surface area contributed by atoms with E-state index in [1.807, 2.05) is 0 Å². The molecule has 4 heterocycles. The van der Waals surface area contributed by atoms with Gasteiger partial charge in [0.25, 0.3) is 5.71 Å². The first-order chi connectivity index (χ1) is 14.3. The molecule has 1 amide bonds. The van der Waals surface area contributed by atoms with Crippen LogP contribution in [0.3, 0.4) is 0 Å². The summed E-state index contributed by atoms with van der Waals surface area (Å²) in [6.07, 6.45) is -1.45. The molecule has 0 saturated carbocycles. The first-order valence-corrected chi connectivity index (χ1v) is 10.1. The number of alkyl halides is 3. The largest absolute Gasteiger partial charge is 0.417 e. The average molecular weight is 427 g/mol. The molecule has 2 saturated heterocycles. The predicted octanol–water partition coefficient (Wildman–Crippen LogP) is 3.45. The van der Waals surface area contributed by atoms with Crippen molar-refractivity contribution in [2.45, 2.75) is 50.8 Å². The number of pyridine rings is 1. The van der Waals surface area contributed by atoms with E-state index in [9.17, 15) is 18.0 Å². The number of hydrogen-bond acceptors (Lipinski definition) is 6. The molecule has 10 heteroatoms. The van der Waals surface area contributed by atoms with Crippen LogP contribution in [-0.4, -0.2) is 60.0 Å². The molecule has 30 heavy (non-hydrogen) atoms. The van der Waals surface area contributed by atoms with Gasteiger partial charge in [-0.2, -0.15) is 13.2 Å². The minimum Gasteiger partial charge on any atom is -0.376 e. The Kier molecular flexibility index (Phi) is 5.97. The summed E-state index contributed by atoms with van der Waals surface area (Å²) < 4.78 is 56.6. The Hall–Kier alpha value is -2.20. The molecule has 0 N–H and O–H groups in total. The van der Waals surface area contributed by atoms with Gasteiger partial charge in [-0.05, 0) is 38.7 Å². The molecule has 4 rings (SSSR count). The van der Waals surface area contributed by atoms with E-state index in [0.717, 1.165) is 25.5 Å². The second kappa shape index (κ2) is 8.50. The van der Waals surface area contributed by atoms with Gasteiger partial charge in [0.05, 0.1) is 29.4 Å². The van der Waals surface area contributed by atoms with Crippen molar-refractivity contribution in [1.82, 2.24) is 15.0 Å². The highest BCUT2D eigenvalue weighted by molar-refractivity contribution is 5.81. The van der Waals surface area contributed by atoms with Gasteiger partial charge in [-0.1, -0.05) is 5.16 Å². The summed E-state index contributed by atoms with van der Waals surface area (Å²) >= 11 is 0. The molecule has 2 aromatic heterocycles. The fraction of sp³-hybridized carbons (Fsp3) is 0.650. The lowest BCUT2D eigenvalue weighted by Crippen LogP contribution is -2.40. The van der Waals surface area contributed by atoms with Crippen molar-refractivity contribution in [2.75, 3.05) is 32.9 Å². The first kappa shape index (κ1) is 21.0. The van der Waals surface area contributed by atoms with Crippen LogP contribution < -0.4 is 0 Å². The second-order valence-corrected chi connectivity index (χ2v) is 7.85. The highest BCUT2D eigenvalue weighted by Gasteiger charge is 2.37. The van der Waals surface area contributed by atoms with Gasteiger partial charge in [0.2, 0.25) is 5.91 Å². The Balaban J connectivity index is 1.38. The summed E-state index contributed by atoms with van der Waals surface area (Å²) in [4.78, 5) is 18.3. The van der Waals surface area contributed by atoms with Gasteiger partial charge >= 0.3 is 6.18 Å². The number of likely N-dealkylation sites (tertiary alicyclic amines) is 1. The van der Waals surface area contributed by atoms with E-state index >= 15 is 0 Å². The third-order valence-electron chi connectivity index (χ3n) is 5.76. The first-order valence-electron chi connectivity index (χ1n) is 10.1. The van der Waals surface area contributed by atoms with Crippen molar-refractivity contribution in [3.8, 4) is 0 Å². The lowest BCUT2D eigenvalue weighted by atomic mass is 9.91. The lowest BCUT2D eigenvalue weighted by molar-refractivity contribution is -0.138. The third kappa shape index (κ3) is 4.44. The maximum absolute atomic E-state index is 13.5. The van der Waals surface area contributed by atoms with Crippen molar-refractivity contribution < 1.29 is 32.0 Å². The Bertz CT molecular complexity index is 901. The molecule has 0 radical (unpaired) electrons. The van der Waals surface area contributed by atoms with E-state index in [0.29, 0.717) is 38.2 Å². The van der Waals surface area contributed by atoms with Crippen molar-refractivity contribution in [2.24, 2.45) is 0 Å². The summed E-state index contributed by atoms with van der Waals surface area (Å²) in [6, 6.07) is 1.10. The minimum absolute atomic E-state index is 0.00962. The van der Waals surface area contributed by atoms with Crippen LogP contribution in [0, 0.1) is 6.92 Å². The van der Waals surface area contributed by atoms with Gasteiger partial charge in [0.1, 0.15) is 6.61 Å². The number of nitrogens with zero attached hydrogens (tertiary/aromatic N) is 3. The Morgan fingerprint density at radius 3 is 2.73 bits per heavy atom. The van der Waals surface area contributed by atoms with Crippen LogP contribution >= 0.6 is 0 Å². The summed E-state index contributed by atoms with van der Waals surface area (Å²) in [5, 5.41) is 3.54. The summed E-state index contributed by atoms with van der Waals surface area (Å²) in [5.41, 5.74) is -0.381. The smallest absolute Gasteiger partial charge is 0.376 e. The van der Waals surface area contributed by atoms with Crippen molar-refractivity contribution in [1.29, 1.82) is 0 Å². The fourth-order valence-electron chi connectivity index (χ4n) is 4.12. The average Bonchev–Trinajstić information content (AvgIpc) is 3.37. The quantitative estimate of drug-likeness (QED) is 0.728. The number of amides is 1. The number of rotatable bonds is 5. The molecule has 0 aliphatic carbocycles. The molecule has 7 nitrogen and oxygen atoms in total. The van der Waals surface area contributed by atoms with Crippen LogP contribution in [0.25, 0.3) is 11.1 Å². The third-order valence-corrected chi connectivity index (χ3v) is 5.76. The molecule has 2 aliphatic rings. The van der Waals surface area contributed by atoms with E-state index in [1.165, 1.54) is 6.92 Å². The van der Waals surface area contributed by atoms with Crippen LogP contribution in [0.2, 0.25) is 0 Å². The van der Waals surface area contributed by atoms with E-state index in [-0.39, 0.29) is 41.3 Å². The zero-order valence-electron chi connectivity index (χ0n) is 16.7.